The lowest BCUT2D eigenvalue weighted by atomic mass is 9.82. The Labute approximate surface area is 199 Å². The smallest absolute Gasteiger partial charge is 0.319 e. The van der Waals surface area contributed by atoms with Crippen LogP contribution in [0.4, 0.5) is 5.69 Å². The van der Waals surface area contributed by atoms with Gasteiger partial charge in [-0.05, 0) is 67.8 Å². The maximum absolute atomic E-state index is 13.1. The van der Waals surface area contributed by atoms with Gasteiger partial charge in [-0.2, -0.15) is 5.10 Å². The van der Waals surface area contributed by atoms with E-state index < -0.39 is 5.41 Å². The zero-order chi connectivity index (χ0) is 22.6. The highest BCUT2D eigenvalue weighted by Crippen LogP contribution is 2.33. The third-order valence-electron chi connectivity index (χ3n) is 4.89. The maximum Gasteiger partial charge on any atom is 0.319 e. The average Bonchev–Trinajstić information content (AvgIpc) is 3.08. The lowest BCUT2D eigenvalue weighted by Crippen LogP contribution is -2.42. The van der Waals surface area contributed by atoms with E-state index in [0.29, 0.717) is 10.7 Å². The first-order valence-electron chi connectivity index (χ1n) is 9.68. The Kier molecular flexibility index (Phi) is 7.67. The van der Waals surface area contributed by atoms with E-state index in [1.165, 1.54) is 11.9 Å². The van der Waals surface area contributed by atoms with Gasteiger partial charge in [-0.3, -0.25) is 18.9 Å². The van der Waals surface area contributed by atoms with Crippen LogP contribution in [0, 0.1) is 5.41 Å². The fraction of sp³-hybridized carbons (Fsp3) is 0.318. The van der Waals surface area contributed by atoms with Gasteiger partial charge in [-0.1, -0.05) is 39.7 Å². The van der Waals surface area contributed by atoms with Crippen molar-refractivity contribution in [3.05, 3.63) is 63.6 Å². The van der Waals surface area contributed by atoms with E-state index in [0.717, 1.165) is 15.7 Å². The van der Waals surface area contributed by atoms with Crippen LogP contribution in [-0.4, -0.2) is 48.5 Å². The fourth-order valence-electron chi connectivity index (χ4n) is 3.40. The molecule has 0 spiro atoms. The molecule has 0 saturated carbocycles. The lowest BCUT2D eigenvalue weighted by molar-refractivity contribution is -0.150. The van der Waals surface area contributed by atoms with Crippen LogP contribution in [0.3, 0.4) is 0 Å². The lowest BCUT2D eigenvalue weighted by Gasteiger charge is -2.25. The van der Waals surface area contributed by atoms with E-state index in [1.54, 1.807) is 35.3 Å². The molecule has 1 unspecified atom stereocenters. The number of benzene rings is 2. The molecule has 1 heterocycles. The van der Waals surface area contributed by atoms with E-state index >= 15 is 0 Å². The summed E-state index contributed by atoms with van der Waals surface area (Å²) in [5, 5.41) is 6.88. The molecular formula is C22H23BrClN3O3S. The number of ether oxygens (including phenoxy) is 1. The van der Waals surface area contributed by atoms with Gasteiger partial charge >= 0.3 is 5.97 Å². The fourth-order valence-corrected chi connectivity index (χ4v) is 4.39. The highest BCUT2D eigenvalue weighted by Gasteiger charge is 2.47. The van der Waals surface area contributed by atoms with Gasteiger partial charge < -0.3 is 4.74 Å². The van der Waals surface area contributed by atoms with E-state index in [-0.39, 0.29) is 31.6 Å². The monoisotopic (exact) mass is 523 g/mol. The maximum atomic E-state index is 13.1. The number of nitrogens with zero attached hydrogens (tertiary/aromatic N) is 3. The number of rotatable bonds is 7. The van der Waals surface area contributed by atoms with Gasteiger partial charge in [-0.15, -0.1) is 0 Å². The molecule has 0 aromatic heterocycles. The molecule has 0 radical (unpaired) electrons. The first-order valence-corrected chi connectivity index (χ1v) is 12.0. The summed E-state index contributed by atoms with van der Waals surface area (Å²) < 4.78 is 7.88. The van der Waals surface area contributed by atoms with Crippen molar-refractivity contribution in [2.24, 2.45) is 10.5 Å². The van der Waals surface area contributed by atoms with Crippen LogP contribution in [0.2, 0.25) is 5.02 Å². The van der Waals surface area contributed by atoms with Crippen molar-refractivity contribution in [3.63, 3.8) is 0 Å². The molecule has 0 N–H and O–H groups in total. The number of amides is 1. The van der Waals surface area contributed by atoms with Crippen molar-refractivity contribution in [2.75, 3.05) is 30.3 Å². The third kappa shape index (κ3) is 5.25. The van der Waals surface area contributed by atoms with Crippen LogP contribution in [0.1, 0.15) is 19.4 Å². The summed E-state index contributed by atoms with van der Waals surface area (Å²) in [6, 6.07) is 14.7. The average molecular weight is 525 g/mol. The van der Waals surface area contributed by atoms with Gasteiger partial charge in [0.2, 0.25) is 0 Å². The van der Waals surface area contributed by atoms with Crippen LogP contribution in [0.25, 0.3) is 0 Å². The molecule has 1 amide bonds. The number of hydrogen-bond acceptors (Lipinski definition) is 6. The SMILES string of the molecule is CCOC(=O)C1(C)CN(CC(=O)N(SC)c2ccc(Br)cc2)N=C1c1ccc(Cl)cc1. The minimum atomic E-state index is -0.994. The van der Waals surface area contributed by atoms with Gasteiger partial charge in [0.05, 0.1) is 24.6 Å². The van der Waals surface area contributed by atoms with E-state index in [9.17, 15) is 9.59 Å². The van der Waals surface area contributed by atoms with Crippen molar-refractivity contribution < 1.29 is 14.3 Å². The summed E-state index contributed by atoms with van der Waals surface area (Å²) in [6.07, 6.45) is 1.84. The topological polar surface area (TPSA) is 62.2 Å². The molecule has 0 fully saturated rings. The predicted molar refractivity (Wildman–Crippen MR) is 129 cm³/mol. The zero-order valence-electron chi connectivity index (χ0n) is 17.5. The molecule has 3 rings (SSSR count). The molecule has 1 atom stereocenters. The molecule has 0 bridgehead atoms. The molecule has 1 aliphatic heterocycles. The van der Waals surface area contributed by atoms with E-state index in [2.05, 4.69) is 21.0 Å². The number of hydrogen-bond donors (Lipinski definition) is 0. The molecule has 164 valence electrons. The van der Waals surface area contributed by atoms with Crippen LogP contribution in [-0.2, 0) is 14.3 Å². The second-order valence-electron chi connectivity index (χ2n) is 7.18. The summed E-state index contributed by atoms with van der Waals surface area (Å²) in [7, 11) is 0. The zero-order valence-corrected chi connectivity index (χ0v) is 20.6. The quantitative estimate of drug-likeness (QED) is 0.377. The van der Waals surface area contributed by atoms with Crippen molar-refractivity contribution in [3.8, 4) is 0 Å². The Morgan fingerprint density at radius 2 is 1.87 bits per heavy atom. The largest absolute Gasteiger partial charge is 0.465 e. The van der Waals surface area contributed by atoms with Crippen LogP contribution in [0.15, 0.2) is 58.1 Å². The first-order chi connectivity index (χ1) is 14.8. The first kappa shape index (κ1) is 23.6. The molecule has 2 aromatic carbocycles. The van der Waals surface area contributed by atoms with Crippen molar-refractivity contribution >= 4 is 62.8 Å². The second kappa shape index (κ2) is 10.1. The molecule has 31 heavy (non-hydrogen) atoms. The summed E-state index contributed by atoms with van der Waals surface area (Å²) in [6.45, 7) is 4.11. The Bertz CT molecular complexity index is 985. The Morgan fingerprint density at radius 3 is 2.45 bits per heavy atom. The molecule has 2 aromatic rings. The van der Waals surface area contributed by atoms with Crippen LogP contribution in [0.5, 0.6) is 0 Å². The number of anilines is 1. The van der Waals surface area contributed by atoms with E-state index in [1.807, 2.05) is 42.7 Å². The number of carbonyl (C=O) groups excluding carboxylic acids is 2. The van der Waals surface area contributed by atoms with E-state index in [4.69, 9.17) is 16.3 Å². The van der Waals surface area contributed by atoms with Gasteiger partial charge in [0, 0.05) is 15.8 Å². The highest BCUT2D eigenvalue weighted by atomic mass is 79.9. The second-order valence-corrected chi connectivity index (χ2v) is 9.26. The number of hydrazone groups is 1. The number of carbonyl (C=O) groups is 2. The van der Waals surface area contributed by atoms with Gasteiger partial charge in [-0.25, -0.2) is 0 Å². The Hall–Kier alpha value is -2.03. The van der Waals surface area contributed by atoms with Crippen LogP contribution >= 0.6 is 39.5 Å². The highest BCUT2D eigenvalue weighted by molar-refractivity contribution is 9.10. The standard InChI is InChI=1S/C22H23BrClN3O3S/c1-4-30-21(29)22(2)14-26(25-20(22)15-5-9-17(24)10-6-15)13-19(28)27(31-3)18-11-7-16(23)8-12-18/h5-12H,4,13-14H2,1-3H3. The molecular weight excluding hydrogens is 502 g/mol. The Balaban J connectivity index is 1.86. The molecule has 0 aliphatic carbocycles. The van der Waals surface area contributed by atoms with Gasteiger partial charge in [0.1, 0.15) is 12.0 Å². The number of esters is 1. The summed E-state index contributed by atoms with van der Waals surface area (Å²) in [5.41, 5.74) is 1.11. The summed E-state index contributed by atoms with van der Waals surface area (Å²) in [5.74, 6) is -0.504. The van der Waals surface area contributed by atoms with Crippen LogP contribution < -0.4 is 4.31 Å². The molecule has 6 nitrogen and oxygen atoms in total. The summed E-state index contributed by atoms with van der Waals surface area (Å²) >= 11 is 10.7. The predicted octanol–water partition coefficient (Wildman–Crippen LogP) is 5.00. The van der Waals surface area contributed by atoms with Crippen molar-refractivity contribution in [2.45, 2.75) is 13.8 Å². The molecule has 9 heteroatoms. The normalized spacial score (nSPS) is 18.0. The summed E-state index contributed by atoms with van der Waals surface area (Å²) in [4.78, 5) is 25.9. The van der Waals surface area contributed by atoms with Crippen molar-refractivity contribution in [1.82, 2.24) is 5.01 Å². The third-order valence-corrected chi connectivity index (χ3v) is 6.45. The minimum Gasteiger partial charge on any atom is -0.465 e. The Morgan fingerprint density at radius 1 is 1.23 bits per heavy atom. The van der Waals surface area contributed by atoms with Crippen molar-refractivity contribution in [1.29, 1.82) is 0 Å². The molecule has 1 aliphatic rings. The number of halogens is 2. The minimum absolute atomic E-state index is 0.0307. The van der Waals surface area contributed by atoms with Gasteiger partial charge in [0.25, 0.3) is 5.91 Å². The molecule has 0 saturated heterocycles. The van der Waals surface area contributed by atoms with Gasteiger partial charge in [0.15, 0.2) is 0 Å².